The number of amides is 1. The molecule has 2 aromatic rings. The molecule has 4 nitrogen and oxygen atoms in total. The SMILES string of the molecule is CC(C)c1ccccc1NC(=O)c1ccccc1N=C=O. The Kier molecular flexibility index (Phi) is 4.64. The molecule has 0 spiro atoms. The lowest BCUT2D eigenvalue weighted by Crippen LogP contribution is -2.13. The van der Waals surface area contributed by atoms with Gasteiger partial charge in [-0.2, -0.15) is 4.99 Å². The van der Waals surface area contributed by atoms with Crippen LogP contribution in [0.3, 0.4) is 0 Å². The molecule has 0 radical (unpaired) electrons. The van der Waals surface area contributed by atoms with Crippen molar-refractivity contribution < 1.29 is 9.59 Å². The number of para-hydroxylation sites is 2. The highest BCUT2D eigenvalue weighted by molar-refractivity contribution is 6.08. The fourth-order valence-electron chi connectivity index (χ4n) is 2.12. The highest BCUT2D eigenvalue weighted by atomic mass is 16.1. The fraction of sp³-hybridized carbons (Fsp3) is 0.176. The van der Waals surface area contributed by atoms with Gasteiger partial charge in [0.15, 0.2) is 0 Å². The first kappa shape index (κ1) is 14.7. The molecule has 4 heteroatoms. The summed E-state index contributed by atoms with van der Waals surface area (Å²) in [5.74, 6) is 0.00226. The lowest BCUT2D eigenvalue weighted by atomic mass is 10.0. The minimum Gasteiger partial charge on any atom is -0.322 e. The molecule has 2 rings (SSSR count). The van der Waals surface area contributed by atoms with Gasteiger partial charge < -0.3 is 5.32 Å². The van der Waals surface area contributed by atoms with Crippen molar-refractivity contribution in [2.75, 3.05) is 5.32 Å². The molecular weight excluding hydrogens is 264 g/mol. The van der Waals surface area contributed by atoms with Gasteiger partial charge in [0, 0.05) is 5.69 Å². The van der Waals surface area contributed by atoms with Crippen LogP contribution in [0.4, 0.5) is 11.4 Å². The van der Waals surface area contributed by atoms with E-state index in [1.807, 2.05) is 24.3 Å². The number of rotatable bonds is 4. The topological polar surface area (TPSA) is 58.5 Å². The van der Waals surface area contributed by atoms with E-state index in [0.717, 1.165) is 11.3 Å². The minimum absolute atomic E-state index is 0.294. The number of hydrogen-bond donors (Lipinski definition) is 1. The van der Waals surface area contributed by atoms with Crippen LogP contribution in [0.1, 0.15) is 35.7 Å². The number of nitrogens with one attached hydrogen (secondary N) is 1. The first-order chi connectivity index (χ1) is 10.1. The third-order valence-electron chi connectivity index (χ3n) is 3.15. The monoisotopic (exact) mass is 280 g/mol. The zero-order chi connectivity index (χ0) is 15.2. The number of hydrogen-bond acceptors (Lipinski definition) is 3. The number of carbonyl (C=O) groups is 1. The molecule has 0 atom stereocenters. The van der Waals surface area contributed by atoms with E-state index in [0.29, 0.717) is 17.2 Å². The summed E-state index contributed by atoms with van der Waals surface area (Å²) < 4.78 is 0. The van der Waals surface area contributed by atoms with E-state index in [2.05, 4.69) is 24.2 Å². The van der Waals surface area contributed by atoms with Crippen LogP contribution in [0, 0.1) is 0 Å². The van der Waals surface area contributed by atoms with Crippen molar-refractivity contribution in [3.05, 3.63) is 59.7 Å². The molecule has 0 heterocycles. The Bertz CT molecular complexity index is 701. The molecule has 0 aliphatic carbocycles. The van der Waals surface area contributed by atoms with Gasteiger partial charge in [-0.3, -0.25) is 4.79 Å². The third-order valence-corrected chi connectivity index (χ3v) is 3.15. The van der Waals surface area contributed by atoms with Crippen molar-refractivity contribution in [3.8, 4) is 0 Å². The second kappa shape index (κ2) is 6.64. The number of isocyanates is 1. The van der Waals surface area contributed by atoms with Gasteiger partial charge in [0.25, 0.3) is 5.91 Å². The zero-order valence-corrected chi connectivity index (χ0v) is 12.0. The lowest BCUT2D eigenvalue weighted by molar-refractivity contribution is 0.102. The zero-order valence-electron chi connectivity index (χ0n) is 12.0. The van der Waals surface area contributed by atoms with E-state index in [4.69, 9.17) is 0 Å². The third kappa shape index (κ3) is 3.44. The van der Waals surface area contributed by atoms with Crippen LogP contribution in [-0.4, -0.2) is 12.0 Å². The van der Waals surface area contributed by atoms with Crippen LogP contribution in [0.5, 0.6) is 0 Å². The van der Waals surface area contributed by atoms with Gasteiger partial charge in [-0.15, -0.1) is 0 Å². The number of aliphatic imine (C=N–C) groups is 1. The normalized spacial score (nSPS) is 10.0. The van der Waals surface area contributed by atoms with Gasteiger partial charge in [0.1, 0.15) is 0 Å². The molecule has 0 fully saturated rings. The summed E-state index contributed by atoms with van der Waals surface area (Å²) in [5.41, 5.74) is 2.48. The van der Waals surface area contributed by atoms with Crippen molar-refractivity contribution in [1.82, 2.24) is 0 Å². The number of nitrogens with zero attached hydrogens (tertiary/aromatic N) is 1. The summed E-state index contributed by atoms with van der Waals surface area (Å²) >= 11 is 0. The molecule has 1 N–H and O–H groups in total. The molecule has 2 aromatic carbocycles. The molecule has 106 valence electrons. The molecule has 0 unspecified atom stereocenters. The van der Waals surface area contributed by atoms with Gasteiger partial charge in [-0.25, -0.2) is 4.79 Å². The minimum atomic E-state index is -0.294. The van der Waals surface area contributed by atoms with E-state index >= 15 is 0 Å². The van der Waals surface area contributed by atoms with E-state index in [1.165, 1.54) is 6.08 Å². The number of benzene rings is 2. The first-order valence-corrected chi connectivity index (χ1v) is 6.70. The molecule has 0 saturated heterocycles. The molecule has 0 bridgehead atoms. The number of anilines is 1. The Morgan fingerprint density at radius 1 is 1.10 bits per heavy atom. The smallest absolute Gasteiger partial charge is 0.257 e. The summed E-state index contributed by atoms with van der Waals surface area (Å²) in [7, 11) is 0. The fourth-order valence-corrected chi connectivity index (χ4v) is 2.12. The van der Waals surface area contributed by atoms with Crippen LogP contribution in [0.2, 0.25) is 0 Å². The lowest BCUT2D eigenvalue weighted by Gasteiger charge is -2.14. The van der Waals surface area contributed by atoms with Crippen molar-refractivity contribution in [1.29, 1.82) is 0 Å². The largest absolute Gasteiger partial charge is 0.322 e. The highest BCUT2D eigenvalue weighted by Gasteiger charge is 2.13. The van der Waals surface area contributed by atoms with Crippen LogP contribution in [-0.2, 0) is 4.79 Å². The van der Waals surface area contributed by atoms with Gasteiger partial charge in [0.2, 0.25) is 6.08 Å². The number of carbonyl (C=O) groups excluding carboxylic acids is 2. The first-order valence-electron chi connectivity index (χ1n) is 6.70. The molecule has 0 saturated carbocycles. The van der Waals surface area contributed by atoms with Gasteiger partial charge in [-0.05, 0) is 29.7 Å². The van der Waals surface area contributed by atoms with Gasteiger partial charge >= 0.3 is 0 Å². The molecule has 0 aromatic heterocycles. The Balaban J connectivity index is 2.33. The maximum absolute atomic E-state index is 12.4. The van der Waals surface area contributed by atoms with Crippen LogP contribution in [0.15, 0.2) is 53.5 Å². The van der Waals surface area contributed by atoms with Crippen molar-refractivity contribution >= 4 is 23.4 Å². The van der Waals surface area contributed by atoms with Gasteiger partial charge in [0.05, 0.1) is 11.3 Å². The molecule has 1 amide bonds. The molecular formula is C17H16N2O2. The average molecular weight is 280 g/mol. The molecule has 0 aliphatic heterocycles. The van der Waals surface area contributed by atoms with Crippen LogP contribution >= 0.6 is 0 Å². The molecule has 0 aliphatic rings. The molecule has 21 heavy (non-hydrogen) atoms. The maximum atomic E-state index is 12.4. The summed E-state index contributed by atoms with van der Waals surface area (Å²) in [5, 5.41) is 2.88. The van der Waals surface area contributed by atoms with Gasteiger partial charge in [-0.1, -0.05) is 44.2 Å². The predicted octanol–water partition coefficient (Wildman–Crippen LogP) is 4.03. The van der Waals surface area contributed by atoms with Crippen molar-refractivity contribution in [2.45, 2.75) is 19.8 Å². The van der Waals surface area contributed by atoms with Crippen LogP contribution in [0.25, 0.3) is 0 Å². The second-order valence-corrected chi connectivity index (χ2v) is 4.92. The predicted molar refractivity (Wildman–Crippen MR) is 82.7 cm³/mol. The summed E-state index contributed by atoms with van der Waals surface area (Å²) in [6.45, 7) is 4.13. The quantitative estimate of drug-likeness (QED) is 0.679. The Morgan fingerprint density at radius 2 is 1.76 bits per heavy atom. The maximum Gasteiger partial charge on any atom is 0.257 e. The van der Waals surface area contributed by atoms with Crippen LogP contribution < -0.4 is 5.32 Å². The highest BCUT2D eigenvalue weighted by Crippen LogP contribution is 2.25. The van der Waals surface area contributed by atoms with Crippen molar-refractivity contribution in [2.24, 2.45) is 4.99 Å². The average Bonchev–Trinajstić information content (AvgIpc) is 2.48. The Labute approximate surface area is 123 Å². The van der Waals surface area contributed by atoms with E-state index in [9.17, 15) is 9.59 Å². The summed E-state index contributed by atoms with van der Waals surface area (Å²) in [6.07, 6.45) is 1.47. The van der Waals surface area contributed by atoms with E-state index < -0.39 is 0 Å². The standard InChI is InChI=1S/C17H16N2O2/c1-12(2)13-7-3-6-10-16(13)19-17(21)14-8-4-5-9-15(14)18-11-20/h3-10,12H,1-2H3,(H,19,21). The Morgan fingerprint density at radius 3 is 2.48 bits per heavy atom. The van der Waals surface area contributed by atoms with E-state index in [1.54, 1.807) is 24.3 Å². The second-order valence-electron chi connectivity index (χ2n) is 4.92. The van der Waals surface area contributed by atoms with Crippen molar-refractivity contribution in [3.63, 3.8) is 0 Å². The van der Waals surface area contributed by atoms with E-state index in [-0.39, 0.29) is 5.91 Å². The Hall–Kier alpha value is -2.71. The summed E-state index contributed by atoms with van der Waals surface area (Å²) in [4.78, 5) is 26.4. The summed E-state index contributed by atoms with van der Waals surface area (Å²) in [6, 6.07) is 14.3.